The van der Waals surface area contributed by atoms with Crippen LogP contribution in [0.25, 0.3) is 0 Å². The molecule has 0 atom stereocenters. The fourth-order valence-electron chi connectivity index (χ4n) is 1.30. The quantitative estimate of drug-likeness (QED) is 0.819. The number of aryl methyl sites for hydroxylation is 1. The van der Waals surface area contributed by atoms with E-state index in [-0.39, 0.29) is 16.6 Å². The van der Waals surface area contributed by atoms with Crippen LogP contribution >= 0.6 is 27.5 Å². The molecular weight excluding hydrogens is 358 g/mol. The minimum absolute atomic E-state index is 0.0156. The van der Waals surface area contributed by atoms with Gasteiger partial charge in [-0.15, -0.1) is 10.2 Å². The average Bonchev–Trinajstić information content (AvgIpc) is 2.75. The molecule has 0 fully saturated rings. The summed E-state index contributed by atoms with van der Waals surface area (Å²) in [5.74, 6) is 0.489. The van der Waals surface area contributed by atoms with Gasteiger partial charge in [0.1, 0.15) is 22.2 Å². The topological polar surface area (TPSA) is 89.8 Å². The minimum atomic E-state index is -3.76. The number of pyridine rings is 1. The normalized spacial score (nSPS) is 11.7. The molecule has 0 amide bonds. The van der Waals surface area contributed by atoms with Crippen molar-refractivity contribution in [1.29, 1.82) is 0 Å². The van der Waals surface area contributed by atoms with Gasteiger partial charge in [-0.25, -0.2) is 18.1 Å². The minimum Gasteiger partial charge on any atom is -0.320 e. The van der Waals surface area contributed by atoms with Crippen LogP contribution in [0.5, 0.6) is 0 Å². The second-order valence-corrected chi connectivity index (χ2v) is 6.63. The van der Waals surface area contributed by atoms with Crippen LogP contribution in [-0.2, 0) is 23.6 Å². The van der Waals surface area contributed by atoms with Crippen molar-refractivity contribution < 1.29 is 8.42 Å². The lowest BCUT2D eigenvalue weighted by atomic mass is 10.5. The molecule has 7 nitrogen and oxygen atoms in total. The molecule has 0 aromatic carbocycles. The van der Waals surface area contributed by atoms with E-state index in [0.717, 1.165) is 0 Å². The first kappa shape index (κ1) is 14.4. The largest absolute Gasteiger partial charge is 0.320 e. The van der Waals surface area contributed by atoms with Gasteiger partial charge >= 0.3 is 0 Å². The summed E-state index contributed by atoms with van der Waals surface area (Å²) in [5.41, 5.74) is 0. The van der Waals surface area contributed by atoms with Crippen LogP contribution in [0.15, 0.2) is 28.0 Å². The molecule has 1 N–H and O–H groups in total. The van der Waals surface area contributed by atoms with Crippen molar-refractivity contribution >= 4 is 37.6 Å². The summed E-state index contributed by atoms with van der Waals surface area (Å²) in [6.45, 7) is 0.0156. The Morgan fingerprint density at radius 2 is 2.26 bits per heavy atom. The highest BCUT2D eigenvalue weighted by Gasteiger charge is 2.19. The summed E-state index contributed by atoms with van der Waals surface area (Å²) < 4.78 is 28.7. The number of hydrogen-bond acceptors (Lipinski definition) is 5. The zero-order chi connectivity index (χ0) is 14.0. The number of aromatic nitrogens is 4. The molecule has 0 radical (unpaired) electrons. The molecule has 0 saturated heterocycles. The van der Waals surface area contributed by atoms with Crippen molar-refractivity contribution in [2.75, 3.05) is 0 Å². The van der Waals surface area contributed by atoms with Crippen LogP contribution in [0.1, 0.15) is 5.82 Å². The zero-order valence-corrected chi connectivity index (χ0v) is 12.9. The molecule has 0 spiro atoms. The summed E-state index contributed by atoms with van der Waals surface area (Å²) in [5, 5.41) is 7.35. The molecule has 0 saturated carbocycles. The van der Waals surface area contributed by atoms with E-state index in [2.05, 4.69) is 35.8 Å². The number of hydrogen-bond donors (Lipinski definition) is 1. The molecule has 0 aliphatic heterocycles. The number of halogens is 2. The molecule has 2 heterocycles. The number of nitrogens with zero attached hydrogens (tertiary/aromatic N) is 4. The molecule has 19 heavy (non-hydrogen) atoms. The van der Waals surface area contributed by atoms with Gasteiger partial charge in [-0.3, -0.25) is 0 Å². The maximum atomic E-state index is 12.1. The SMILES string of the molecule is Cn1cnnc1CNS(=O)(=O)c1cc(Br)cnc1Cl. The smallest absolute Gasteiger partial charge is 0.244 e. The number of nitrogens with one attached hydrogen (secondary N) is 1. The lowest BCUT2D eigenvalue weighted by molar-refractivity contribution is 0.577. The summed E-state index contributed by atoms with van der Waals surface area (Å²) in [7, 11) is -2.04. The van der Waals surface area contributed by atoms with Crippen LogP contribution in [0, 0.1) is 0 Å². The van der Waals surface area contributed by atoms with Crippen LogP contribution in [0.3, 0.4) is 0 Å². The predicted molar refractivity (Wildman–Crippen MR) is 72.0 cm³/mol. The van der Waals surface area contributed by atoms with Gasteiger partial charge in [0.05, 0.1) is 6.54 Å². The van der Waals surface area contributed by atoms with Crippen molar-refractivity contribution in [3.63, 3.8) is 0 Å². The fourth-order valence-corrected chi connectivity index (χ4v) is 3.22. The van der Waals surface area contributed by atoms with E-state index in [0.29, 0.717) is 10.3 Å². The highest BCUT2D eigenvalue weighted by molar-refractivity contribution is 9.10. The molecule has 102 valence electrons. The molecular formula is C9H9BrClN5O2S. The first-order valence-electron chi connectivity index (χ1n) is 5.04. The molecule has 0 unspecified atom stereocenters. The van der Waals surface area contributed by atoms with E-state index in [4.69, 9.17) is 11.6 Å². The van der Waals surface area contributed by atoms with Crippen molar-refractivity contribution in [2.45, 2.75) is 11.4 Å². The van der Waals surface area contributed by atoms with Gasteiger partial charge in [0.25, 0.3) is 0 Å². The number of sulfonamides is 1. The highest BCUT2D eigenvalue weighted by atomic mass is 79.9. The van der Waals surface area contributed by atoms with E-state index in [9.17, 15) is 8.42 Å². The van der Waals surface area contributed by atoms with Crippen molar-refractivity contribution in [3.05, 3.63) is 34.0 Å². The second-order valence-electron chi connectivity index (χ2n) is 3.63. The van der Waals surface area contributed by atoms with Gasteiger partial charge in [0.2, 0.25) is 10.0 Å². The highest BCUT2D eigenvalue weighted by Crippen LogP contribution is 2.22. The first-order chi connectivity index (χ1) is 8.90. The maximum absolute atomic E-state index is 12.1. The molecule has 0 aliphatic rings. The van der Waals surface area contributed by atoms with Gasteiger partial charge in [-0.05, 0) is 22.0 Å². The van der Waals surface area contributed by atoms with E-state index in [1.165, 1.54) is 18.6 Å². The van der Waals surface area contributed by atoms with Gasteiger partial charge in [0, 0.05) is 17.7 Å². The van der Waals surface area contributed by atoms with Gasteiger partial charge in [0.15, 0.2) is 0 Å². The Balaban J connectivity index is 2.23. The van der Waals surface area contributed by atoms with Crippen LogP contribution in [0.4, 0.5) is 0 Å². The number of rotatable bonds is 4. The summed E-state index contributed by atoms with van der Waals surface area (Å²) in [4.78, 5) is 3.68. The molecule has 2 aromatic rings. The molecule has 0 bridgehead atoms. The zero-order valence-electron chi connectivity index (χ0n) is 9.71. The summed E-state index contributed by atoms with van der Waals surface area (Å²) in [6.07, 6.45) is 2.90. The van der Waals surface area contributed by atoms with Crippen molar-refractivity contribution in [1.82, 2.24) is 24.5 Å². The van der Waals surface area contributed by atoms with Crippen LogP contribution < -0.4 is 4.72 Å². The Hall–Kier alpha value is -1.03. The Morgan fingerprint density at radius 1 is 1.53 bits per heavy atom. The van der Waals surface area contributed by atoms with Crippen molar-refractivity contribution in [2.24, 2.45) is 7.05 Å². The fraction of sp³-hybridized carbons (Fsp3) is 0.222. The maximum Gasteiger partial charge on any atom is 0.244 e. The first-order valence-corrected chi connectivity index (χ1v) is 7.69. The third-order valence-electron chi connectivity index (χ3n) is 2.29. The third-order valence-corrected chi connectivity index (χ3v) is 4.55. The third kappa shape index (κ3) is 3.30. The van der Waals surface area contributed by atoms with E-state index >= 15 is 0 Å². The Labute approximate surface area is 123 Å². The van der Waals surface area contributed by atoms with Gasteiger partial charge < -0.3 is 4.57 Å². The molecule has 2 rings (SSSR count). The Kier molecular flexibility index (Phi) is 4.19. The summed E-state index contributed by atoms with van der Waals surface area (Å²) >= 11 is 8.94. The Morgan fingerprint density at radius 3 is 2.89 bits per heavy atom. The lowest BCUT2D eigenvalue weighted by Gasteiger charge is -2.07. The standard InChI is InChI=1S/C9H9BrClN5O2S/c1-16-5-13-15-8(16)4-14-19(17,18)7-2-6(10)3-12-9(7)11/h2-3,5,14H,4H2,1H3. The molecule has 0 aliphatic carbocycles. The predicted octanol–water partition coefficient (Wildman–Crippen LogP) is 1.10. The van der Waals surface area contributed by atoms with Gasteiger partial charge in [-0.1, -0.05) is 11.6 Å². The molecule has 10 heteroatoms. The summed E-state index contributed by atoms with van der Waals surface area (Å²) in [6, 6.07) is 1.38. The van der Waals surface area contributed by atoms with Crippen LogP contribution in [0.2, 0.25) is 5.15 Å². The lowest BCUT2D eigenvalue weighted by Crippen LogP contribution is -2.25. The van der Waals surface area contributed by atoms with Gasteiger partial charge in [-0.2, -0.15) is 0 Å². The monoisotopic (exact) mass is 365 g/mol. The van der Waals surface area contributed by atoms with E-state index in [1.807, 2.05) is 0 Å². The second kappa shape index (κ2) is 5.53. The molecule has 2 aromatic heterocycles. The van der Waals surface area contributed by atoms with E-state index in [1.54, 1.807) is 11.6 Å². The van der Waals surface area contributed by atoms with Crippen LogP contribution in [-0.4, -0.2) is 28.2 Å². The van der Waals surface area contributed by atoms with E-state index < -0.39 is 10.0 Å². The van der Waals surface area contributed by atoms with Crippen molar-refractivity contribution in [3.8, 4) is 0 Å². The average molecular weight is 367 g/mol. The Bertz CT molecular complexity index is 702.